The molecule has 0 unspecified atom stereocenters. The molecule has 0 aliphatic carbocycles. The molecule has 34 heavy (non-hydrogen) atoms. The number of rotatable bonds is 23. The zero-order valence-corrected chi connectivity index (χ0v) is 24.6. The Morgan fingerprint density at radius 2 is 0.941 bits per heavy atom. The van der Waals surface area contributed by atoms with Crippen LogP contribution in [0.15, 0.2) is 0 Å². The van der Waals surface area contributed by atoms with Crippen molar-refractivity contribution < 1.29 is 10.2 Å². The average Bonchev–Trinajstić information content (AvgIpc) is 2.80. The summed E-state index contributed by atoms with van der Waals surface area (Å²) in [5.41, 5.74) is 0. The standard InChI is InChI=1S/C28H59N3O2.BrH/c1-3-4-5-6-7-8-9-10-11-12-13-14-15-16-17-18-19-20-21-22-25-31(28(2,32)33)30-26-23-29-24-27-30;/h29,32-33H,3-27H2,1-2H3;1H. The summed E-state index contributed by atoms with van der Waals surface area (Å²) in [4.78, 5) is 0. The van der Waals surface area contributed by atoms with Crippen LogP contribution in [-0.4, -0.2) is 58.9 Å². The first-order chi connectivity index (χ1) is 16.1. The van der Waals surface area contributed by atoms with E-state index in [1.807, 2.05) is 0 Å². The summed E-state index contributed by atoms with van der Waals surface area (Å²) in [6, 6.07) is 0. The fraction of sp³-hybridized carbons (Fsp3) is 1.00. The molecule has 206 valence electrons. The van der Waals surface area contributed by atoms with Crippen LogP contribution in [0.5, 0.6) is 0 Å². The fourth-order valence-corrected chi connectivity index (χ4v) is 5.03. The Kier molecular flexibility index (Phi) is 23.9. The number of aliphatic hydroxyl groups is 2. The number of hydrogen-bond acceptors (Lipinski definition) is 5. The van der Waals surface area contributed by atoms with Crippen LogP contribution in [0, 0.1) is 0 Å². The van der Waals surface area contributed by atoms with Crippen LogP contribution in [0.25, 0.3) is 0 Å². The van der Waals surface area contributed by atoms with Crippen molar-refractivity contribution in [3.63, 3.8) is 0 Å². The molecule has 0 radical (unpaired) electrons. The first-order valence-corrected chi connectivity index (χ1v) is 14.7. The van der Waals surface area contributed by atoms with Crippen LogP contribution in [0.2, 0.25) is 0 Å². The topological polar surface area (TPSA) is 59.0 Å². The van der Waals surface area contributed by atoms with Crippen LogP contribution in [0.1, 0.15) is 142 Å². The predicted octanol–water partition coefficient (Wildman–Crippen LogP) is 7.17. The van der Waals surface area contributed by atoms with E-state index in [1.54, 1.807) is 5.01 Å². The normalized spacial score (nSPS) is 15.1. The molecule has 1 saturated heterocycles. The molecule has 5 nitrogen and oxygen atoms in total. The number of halogens is 1. The Hall–Kier alpha value is 0.280. The van der Waals surface area contributed by atoms with Gasteiger partial charge in [-0.2, -0.15) is 5.01 Å². The Bertz CT molecular complexity index is 415. The van der Waals surface area contributed by atoms with Gasteiger partial charge in [-0.1, -0.05) is 129 Å². The van der Waals surface area contributed by atoms with Gasteiger partial charge in [0.05, 0.1) is 0 Å². The third kappa shape index (κ3) is 19.5. The molecule has 3 N–H and O–H groups in total. The summed E-state index contributed by atoms with van der Waals surface area (Å²) in [5, 5.41) is 27.4. The van der Waals surface area contributed by atoms with Crippen LogP contribution >= 0.6 is 17.0 Å². The van der Waals surface area contributed by atoms with Gasteiger partial charge in [-0.3, -0.25) is 0 Å². The zero-order valence-electron chi connectivity index (χ0n) is 22.9. The second-order valence-corrected chi connectivity index (χ2v) is 10.5. The van der Waals surface area contributed by atoms with Crippen LogP contribution in [-0.2, 0) is 0 Å². The fourth-order valence-electron chi connectivity index (χ4n) is 5.03. The SMILES string of the molecule is Br.CCCCCCCCCCCCCCCCCCCCCCN(N1CCNCC1)C(C)(O)O. The minimum atomic E-state index is -1.76. The number of hydrogen-bond donors (Lipinski definition) is 3. The first kappa shape index (κ1) is 34.3. The smallest absolute Gasteiger partial charge is 0.234 e. The van der Waals surface area contributed by atoms with Gasteiger partial charge < -0.3 is 15.5 Å². The van der Waals surface area contributed by atoms with E-state index in [9.17, 15) is 10.2 Å². The number of nitrogens with zero attached hydrogens (tertiary/aromatic N) is 2. The Morgan fingerprint density at radius 3 is 1.26 bits per heavy atom. The van der Waals surface area contributed by atoms with Gasteiger partial charge in [0.2, 0.25) is 5.91 Å². The molecule has 1 heterocycles. The second-order valence-electron chi connectivity index (χ2n) is 10.5. The van der Waals surface area contributed by atoms with Crippen LogP contribution < -0.4 is 5.32 Å². The molecule has 6 heteroatoms. The van der Waals surface area contributed by atoms with E-state index in [1.165, 1.54) is 129 Å². The lowest BCUT2D eigenvalue weighted by Crippen LogP contribution is -2.60. The molecule has 0 aromatic rings. The third-order valence-corrected chi connectivity index (χ3v) is 7.15. The van der Waals surface area contributed by atoms with E-state index in [-0.39, 0.29) is 17.0 Å². The van der Waals surface area contributed by atoms with Crippen molar-refractivity contribution in [2.24, 2.45) is 0 Å². The van der Waals surface area contributed by atoms with E-state index >= 15 is 0 Å². The maximum absolute atomic E-state index is 10.1. The highest BCUT2D eigenvalue weighted by Crippen LogP contribution is 2.17. The summed E-state index contributed by atoms with van der Waals surface area (Å²) in [6.07, 6.45) is 27.6. The third-order valence-electron chi connectivity index (χ3n) is 7.15. The molecular weight excluding hydrogens is 490 g/mol. The van der Waals surface area contributed by atoms with Gasteiger partial charge in [0.25, 0.3) is 0 Å². The molecule has 1 aliphatic heterocycles. The molecule has 0 amide bonds. The lowest BCUT2D eigenvalue weighted by atomic mass is 10.0. The summed E-state index contributed by atoms with van der Waals surface area (Å²) in [7, 11) is 0. The first-order valence-electron chi connectivity index (χ1n) is 14.7. The van der Waals surface area contributed by atoms with E-state index in [4.69, 9.17) is 0 Å². The minimum Gasteiger partial charge on any atom is -0.353 e. The number of hydrazine groups is 1. The summed E-state index contributed by atoms with van der Waals surface area (Å²) < 4.78 is 0. The molecule has 0 atom stereocenters. The monoisotopic (exact) mass is 549 g/mol. The molecule has 0 aromatic carbocycles. The minimum absolute atomic E-state index is 0. The van der Waals surface area contributed by atoms with Gasteiger partial charge in [-0.25, -0.2) is 5.01 Å². The van der Waals surface area contributed by atoms with Crippen molar-refractivity contribution in [2.75, 3.05) is 32.7 Å². The van der Waals surface area contributed by atoms with Gasteiger partial charge >= 0.3 is 0 Å². The largest absolute Gasteiger partial charge is 0.353 e. The number of nitrogens with one attached hydrogen (secondary N) is 1. The van der Waals surface area contributed by atoms with Gasteiger partial charge in [-0.15, -0.1) is 17.0 Å². The molecule has 0 bridgehead atoms. The summed E-state index contributed by atoms with van der Waals surface area (Å²) >= 11 is 0. The van der Waals surface area contributed by atoms with Gasteiger partial charge in [-0.05, 0) is 6.42 Å². The molecule has 0 spiro atoms. The Morgan fingerprint density at radius 1 is 0.618 bits per heavy atom. The lowest BCUT2D eigenvalue weighted by molar-refractivity contribution is -0.316. The van der Waals surface area contributed by atoms with E-state index in [0.717, 1.165) is 39.1 Å². The Balaban J connectivity index is 0.0000109. The highest BCUT2D eigenvalue weighted by Gasteiger charge is 2.31. The van der Waals surface area contributed by atoms with Crippen LogP contribution in [0.4, 0.5) is 0 Å². The van der Waals surface area contributed by atoms with Crippen molar-refractivity contribution >= 4 is 17.0 Å². The summed E-state index contributed by atoms with van der Waals surface area (Å²) in [6.45, 7) is 8.00. The maximum atomic E-state index is 10.1. The highest BCUT2D eigenvalue weighted by molar-refractivity contribution is 8.93. The number of unbranched alkanes of at least 4 members (excludes halogenated alkanes) is 19. The van der Waals surface area contributed by atoms with E-state index < -0.39 is 5.91 Å². The molecule has 0 saturated carbocycles. The van der Waals surface area contributed by atoms with Crippen molar-refractivity contribution in [1.82, 2.24) is 15.3 Å². The number of piperazine rings is 1. The maximum Gasteiger partial charge on any atom is 0.234 e. The molecule has 1 aliphatic rings. The van der Waals surface area contributed by atoms with Crippen molar-refractivity contribution in [3.05, 3.63) is 0 Å². The molecule has 1 rings (SSSR count). The molecule has 1 fully saturated rings. The molecular formula is C28H60BrN3O2. The van der Waals surface area contributed by atoms with E-state index in [0.29, 0.717) is 0 Å². The highest BCUT2D eigenvalue weighted by atomic mass is 79.9. The van der Waals surface area contributed by atoms with Gasteiger partial charge in [0.1, 0.15) is 0 Å². The summed E-state index contributed by atoms with van der Waals surface area (Å²) in [5.74, 6) is -1.76. The van der Waals surface area contributed by atoms with Gasteiger partial charge in [0, 0.05) is 39.6 Å². The van der Waals surface area contributed by atoms with E-state index in [2.05, 4.69) is 17.2 Å². The zero-order chi connectivity index (χ0) is 24.0. The Labute approximate surface area is 223 Å². The average molecular weight is 551 g/mol. The van der Waals surface area contributed by atoms with Crippen molar-refractivity contribution in [2.45, 2.75) is 148 Å². The van der Waals surface area contributed by atoms with Crippen molar-refractivity contribution in [1.29, 1.82) is 0 Å². The lowest BCUT2D eigenvalue weighted by Gasteiger charge is -2.43. The quantitative estimate of drug-likeness (QED) is 0.0931. The van der Waals surface area contributed by atoms with Crippen molar-refractivity contribution in [3.8, 4) is 0 Å². The van der Waals surface area contributed by atoms with Gasteiger partial charge in [0.15, 0.2) is 0 Å². The van der Waals surface area contributed by atoms with Crippen LogP contribution in [0.3, 0.4) is 0 Å². The second kappa shape index (κ2) is 23.7. The predicted molar refractivity (Wildman–Crippen MR) is 152 cm³/mol. The molecule has 0 aromatic heterocycles.